The van der Waals surface area contributed by atoms with E-state index in [2.05, 4.69) is 39.8 Å². The van der Waals surface area contributed by atoms with Crippen molar-refractivity contribution in [3.05, 3.63) is 131 Å². The summed E-state index contributed by atoms with van der Waals surface area (Å²) in [5, 5.41) is 21.3. The smallest absolute Gasteiger partial charge is 0.335 e. The molecule has 1 amide bonds. The van der Waals surface area contributed by atoms with Crippen molar-refractivity contribution in [2.75, 3.05) is 31.5 Å². The first-order valence-electron chi connectivity index (χ1n) is 23.2. The number of hydrogen-bond donors (Lipinski definition) is 2. The Balaban J connectivity index is 0.000000165. The Bertz CT molecular complexity index is 2830. The van der Waals surface area contributed by atoms with E-state index >= 15 is 0 Å². The van der Waals surface area contributed by atoms with Crippen molar-refractivity contribution in [1.29, 1.82) is 0 Å². The number of halogens is 2. The number of carbonyl (C=O) groups is 4. The average molecular weight is 994 g/mol. The van der Waals surface area contributed by atoms with E-state index in [0.717, 1.165) is 66.1 Å². The van der Waals surface area contributed by atoms with Crippen LogP contribution in [0, 0.1) is 0 Å². The Morgan fingerprint density at radius 2 is 1.13 bits per heavy atom. The summed E-state index contributed by atoms with van der Waals surface area (Å²) in [4.78, 5) is 48.0. The lowest BCUT2D eigenvalue weighted by molar-refractivity contribution is -0.00174. The molecule has 368 valence electrons. The maximum atomic E-state index is 13.2. The third-order valence-electron chi connectivity index (χ3n) is 12.5. The molecule has 2 saturated heterocycles. The van der Waals surface area contributed by atoms with Crippen LogP contribution < -0.4 is 24.3 Å². The number of aldehydes is 2. The lowest BCUT2D eigenvalue weighted by Gasteiger charge is -2.44. The first-order chi connectivity index (χ1) is 33.7. The number of nitrogens with one attached hydrogen (secondary N) is 1. The van der Waals surface area contributed by atoms with Gasteiger partial charge in [0.1, 0.15) is 34.2 Å². The number of fused-ring (bicyclic) bond motifs is 8. The summed E-state index contributed by atoms with van der Waals surface area (Å²) >= 11 is 9.53. The van der Waals surface area contributed by atoms with Gasteiger partial charge in [-0.3, -0.25) is 23.7 Å². The molecule has 0 unspecified atom stereocenters. The summed E-state index contributed by atoms with van der Waals surface area (Å²) in [6.45, 7) is 10.6. The van der Waals surface area contributed by atoms with E-state index < -0.39 is 11.6 Å². The minimum Gasteiger partial charge on any atom is -0.490 e. The molecule has 0 atom stereocenters. The molecule has 0 radical (unpaired) electrons. The van der Waals surface area contributed by atoms with Crippen LogP contribution in [0.3, 0.4) is 0 Å². The third kappa shape index (κ3) is 10.9. The molecule has 0 aliphatic carbocycles. The monoisotopic (exact) mass is 992 g/mol. The fourth-order valence-corrected chi connectivity index (χ4v) is 9.31. The quantitative estimate of drug-likeness (QED) is 0.109. The Labute approximate surface area is 417 Å². The normalized spacial score (nSPS) is 15.4. The van der Waals surface area contributed by atoms with E-state index in [9.17, 15) is 19.2 Å². The molecule has 70 heavy (non-hydrogen) atoms. The molecule has 6 heterocycles. The number of carboxylic acids is 1. The maximum Gasteiger partial charge on any atom is 0.335 e. The summed E-state index contributed by atoms with van der Waals surface area (Å²) in [5.41, 5.74) is 7.32. The number of piperidine rings is 2. The number of amides is 1. The van der Waals surface area contributed by atoms with Crippen molar-refractivity contribution in [2.45, 2.75) is 76.8 Å². The summed E-state index contributed by atoms with van der Waals surface area (Å²) in [5.74, 6) is 1.59. The van der Waals surface area contributed by atoms with Crippen LogP contribution in [0.25, 0.3) is 22.5 Å². The highest BCUT2D eigenvalue weighted by Crippen LogP contribution is 2.50. The number of likely N-dealkylation sites (tertiary alicyclic amines) is 1. The second kappa shape index (κ2) is 22.4. The number of benzene rings is 4. The Morgan fingerprint density at radius 1 is 0.700 bits per heavy atom. The highest BCUT2D eigenvalue weighted by atomic mass is 35.5. The van der Waals surface area contributed by atoms with Crippen LogP contribution in [-0.4, -0.2) is 97.7 Å². The van der Waals surface area contributed by atoms with Gasteiger partial charge in [0.25, 0.3) is 5.91 Å². The molecule has 2 spiro atoms. The lowest BCUT2D eigenvalue weighted by Crippen LogP contribution is -2.49. The molecule has 2 N–H and O–H groups in total. The zero-order valence-corrected chi connectivity index (χ0v) is 41.6. The van der Waals surface area contributed by atoms with Gasteiger partial charge in [-0.2, -0.15) is 10.2 Å². The lowest BCUT2D eigenvalue weighted by atomic mass is 9.81. The fraction of sp³-hybridized carbons (Fsp3) is 0.358. The molecule has 10 rings (SSSR count). The topological polar surface area (TPSA) is 176 Å². The number of nitrogens with zero attached hydrogens (tertiary/aromatic N) is 5. The predicted molar refractivity (Wildman–Crippen MR) is 268 cm³/mol. The number of aromatic carboxylic acids is 1. The average Bonchev–Trinajstić information content (AvgIpc) is 3.96. The van der Waals surface area contributed by atoms with Gasteiger partial charge in [-0.15, -0.1) is 23.2 Å². The van der Waals surface area contributed by atoms with Gasteiger partial charge in [-0.25, -0.2) is 4.79 Å². The number of alkyl halides is 2. The summed E-state index contributed by atoms with van der Waals surface area (Å²) in [7, 11) is 3.96. The molecule has 4 aliphatic heterocycles. The zero-order chi connectivity index (χ0) is 50.2. The summed E-state index contributed by atoms with van der Waals surface area (Å²) < 4.78 is 27.9. The molecule has 6 aromatic rings. The van der Waals surface area contributed by atoms with Gasteiger partial charge < -0.3 is 34.3 Å². The third-order valence-corrected chi connectivity index (χ3v) is 12.5. The van der Waals surface area contributed by atoms with Crippen molar-refractivity contribution in [3.8, 4) is 45.5 Å². The van der Waals surface area contributed by atoms with E-state index in [1.165, 1.54) is 29.5 Å². The van der Waals surface area contributed by atoms with Crippen LogP contribution in [-0.2, 0) is 25.3 Å². The van der Waals surface area contributed by atoms with Crippen molar-refractivity contribution >= 4 is 47.7 Å². The number of carbonyl (C=O) groups excluding carboxylic acids is 3. The highest BCUT2D eigenvalue weighted by molar-refractivity contribution is 6.40. The van der Waals surface area contributed by atoms with Crippen LogP contribution in [0.4, 0.5) is 0 Å². The first-order valence-corrected chi connectivity index (χ1v) is 24.2. The predicted octanol–water partition coefficient (Wildman–Crippen LogP) is 9.67. The van der Waals surface area contributed by atoms with Gasteiger partial charge >= 0.3 is 5.97 Å². The molecule has 4 aromatic carbocycles. The summed E-state index contributed by atoms with van der Waals surface area (Å²) in [6, 6.07) is 25.5. The van der Waals surface area contributed by atoms with Gasteiger partial charge in [-0.1, -0.05) is 24.3 Å². The zero-order valence-electron chi connectivity index (χ0n) is 40.1. The van der Waals surface area contributed by atoms with Crippen LogP contribution in [0.2, 0.25) is 0 Å². The maximum absolute atomic E-state index is 13.2. The molecule has 0 bridgehead atoms. The van der Waals surface area contributed by atoms with Crippen LogP contribution in [0.1, 0.15) is 106 Å². The molecule has 0 saturated carbocycles. The Kier molecular flexibility index (Phi) is 16.4. The molecule has 2 fully saturated rings. The van der Waals surface area contributed by atoms with Crippen molar-refractivity contribution in [1.82, 2.24) is 29.8 Å². The van der Waals surface area contributed by atoms with Gasteiger partial charge in [0, 0.05) is 80.7 Å². The standard InChI is InChI=1S/C26H27N3O4.C15H17N3O.C11H12O4.CH2Cl2/c1-17(2)32-22-9-8-18(14-19(22)16-30)25(31)29-12-10-26(11-13-29)21-15-27-28(3)24(21)20-6-4-5-7-23(20)33-26;1-18-14-11-4-2-3-5-13(11)19-15(12(14)10-17-18)6-8-16-9-7-15;1-7(2)15-10-4-3-8(11(13)14)5-9(10)6-12;2-1-3/h4-9,14-17H,10-13H2,1-3H3;2-5,10,16H,6-9H2,1H3;3-7H,1-2H3,(H,13,14);1H2. The highest BCUT2D eigenvalue weighted by Gasteiger charge is 2.46. The Morgan fingerprint density at radius 3 is 1.57 bits per heavy atom. The minimum absolute atomic E-state index is 0.0541. The van der Waals surface area contributed by atoms with E-state index in [1.807, 2.05) is 92.7 Å². The minimum atomic E-state index is -1.06. The Hall–Kier alpha value is -6.68. The van der Waals surface area contributed by atoms with E-state index in [-0.39, 0.29) is 40.2 Å². The fourth-order valence-electron chi connectivity index (χ4n) is 9.31. The van der Waals surface area contributed by atoms with E-state index in [0.29, 0.717) is 54.8 Å². The number of aryl methyl sites for hydroxylation is 2. The molecule has 4 aliphatic rings. The number of para-hydroxylation sites is 2. The van der Waals surface area contributed by atoms with Crippen LogP contribution in [0.15, 0.2) is 97.3 Å². The van der Waals surface area contributed by atoms with Gasteiger partial charge in [0.05, 0.1) is 58.0 Å². The number of hydrogen-bond acceptors (Lipinski definition) is 11. The second-order valence-corrected chi connectivity index (χ2v) is 18.6. The second-order valence-electron chi connectivity index (χ2n) is 17.8. The molecule has 17 heteroatoms. The number of aromatic nitrogens is 4. The van der Waals surface area contributed by atoms with Crippen molar-refractivity contribution in [2.24, 2.45) is 14.1 Å². The molecule has 2 aromatic heterocycles. The van der Waals surface area contributed by atoms with Gasteiger partial charge in [-0.05, 0) is 101 Å². The van der Waals surface area contributed by atoms with Crippen LogP contribution in [0.5, 0.6) is 23.0 Å². The molecule has 15 nitrogen and oxygen atoms in total. The molecular weight excluding hydrogens is 936 g/mol. The van der Waals surface area contributed by atoms with Gasteiger partial charge in [0.15, 0.2) is 12.6 Å². The van der Waals surface area contributed by atoms with E-state index in [1.54, 1.807) is 18.2 Å². The van der Waals surface area contributed by atoms with E-state index in [4.69, 9.17) is 47.3 Å². The molecular formula is C53H58Cl2N6O9. The summed E-state index contributed by atoms with van der Waals surface area (Å²) in [6.07, 6.45) is 8.42. The first kappa shape index (κ1) is 51.2. The van der Waals surface area contributed by atoms with Crippen LogP contribution >= 0.6 is 23.2 Å². The number of ether oxygens (including phenoxy) is 4. The van der Waals surface area contributed by atoms with Crippen molar-refractivity contribution in [3.63, 3.8) is 0 Å². The largest absolute Gasteiger partial charge is 0.490 e. The number of carboxylic acid groups (broad SMARTS) is 1. The van der Waals surface area contributed by atoms with Gasteiger partial charge in [0.2, 0.25) is 0 Å². The van der Waals surface area contributed by atoms with Crippen molar-refractivity contribution < 1.29 is 43.2 Å². The SMILES string of the molecule is CC(C)Oc1ccc(C(=O)N2CCC3(CC2)Oc2ccccc2-c2c3cnn2C)cc1C=O.CC(C)Oc1ccc(C(=O)O)cc1C=O.ClCCl.Cn1ncc2c1-c1ccccc1OC21CCNCC1. The number of rotatable bonds is 8.